The monoisotopic (exact) mass is 194 g/mol. The maximum atomic E-state index is 9.38. The van der Waals surface area contributed by atoms with E-state index < -0.39 is 37.3 Å². The Kier molecular flexibility index (Phi) is 3.60. The summed E-state index contributed by atoms with van der Waals surface area (Å²) in [4.78, 5) is 0. The molecule has 0 aromatic carbocycles. The predicted octanol–water partition coefficient (Wildman–Crippen LogP) is -2.57. The molecule has 1 saturated heterocycles. The van der Waals surface area contributed by atoms with Crippen molar-refractivity contribution in [3.8, 4) is 0 Å². The lowest BCUT2D eigenvalue weighted by Gasteiger charge is -2.39. The fourth-order valence-electron chi connectivity index (χ4n) is 1.33. The minimum absolute atomic E-state index is 0.467. The van der Waals surface area contributed by atoms with Gasteiger partial charge in [-0.1, -0.05) is 0 Å². The van der Waals surface area contributed by atoms with Crippen LogP contribution in [0.25, 0.3) is 0 Å². The molecule has 1 heterocycles. The van der Waals surface area contributed by atoms with Gasteiger partial charge in [0.25, 0.3) is 0 Å². The van der Waals surface area contributed by atoms with Crippen molar-refractivity contribution in [3.63, 3.8) is 0 Å². The molecule has 6 heteroatoms. The van der Waals surface area contributed by atoms with Crippen LogP contribution in [0.5, 0.6) is 0 Å². The summed E-state index contributed by atoms with van der Waals surface area (Å²) in [5.41, 5.74) is 0. The highest BCUT2D eigenvalue weighted by Crippen LogP contribution is 2.21. The van der Waals surface area contributed by atoms with E-state index in [1.165, 1.54) is 7.11 Å². The summed E-state index contributed by atoms with van der Waals surface area (Å²) in [7, 11) is 1.28. The zero-order valence-corrected chi connectivity index (χ0v) is 7.20. The molecule has 13 heavy (non-hydrogen) atoms. The third-order valence-corrected chi connectivity index (χ3v) is 2.11. The van der Waals surface area contributed by atoms with Crippen LogP contribution < -0.4 is 0 Å². The molecule has 0 radical (unpaired) electrons. The Morgan fingerprint density at radius 1 is 1.23 bits per heavy atom. The van der Waals surface area contributed by atoms with E-state index in [9.17, 15) is 15.3 Å². The van der Waals surface area contributed by atoms with Crippen LogP contribution >= 0.6 is 0 Å². The minimum atomic E-state index is -1.33. The molecule has 0 saturated carbocycles. The molecule has 0 aromatic rings. The quantitative estimate of drug-likeness (QED) is 0.386. The van der Waals surface area contributed by atoms with Gasteiger partial charge in [-0.15, -0.1) is 0 Å². The Morgan fingerprint density at radius 3 is 2.31 bits per heavy atom. The van der Waals surface area contributed by atoms with Crippen molar-refractivity contribution in [2.75, 3.05) is 13.7 Å². The zero-order valence-electron chi connectivity index (χ0n) is 7.20. The van der Waals surface area contributed by atoms with Crippen LogP contribution in [0.2, 0.25) is 0 Å². The van der Waals surface area contributed by atoms with Crippen molar-refractivity contribution < 1.29 is 29.9 Å². The van der Waals surface area contributed by atoms with Gasteiger partial charge in [0.2, 0.25) is 0 Å². The highest BCUT2D eigenvalue weighted by atomic mass is 16.7. The van der Waals surface area contributed by atoms with Crippen molar-refractivity contribution in [1.29, 1.82) is 0 Å². The lowest BCUT2D eigenvalue weighted by atomic mass is 9.99. The average molecular weight is 194 g/mol. The van der Waals surface area contributed by atoms with Gasteiger partial charge in [0.15, 0.2) is 6.29 Å². The number of aliphatic hydroxyl groups is 4. The van der Waals surface area contributed by atoms with Gasteiger partial charge in [-0.25, -0.2) is 0 Å². The molecule has 5 atom stereocenters. The van der Waals surface area contributed by atoms with E-state index in [1.807, 2.05) is 0 Å². The van der Waals surface area contributed by atoms with Crippen molar-refractivity contribution in [2.45, 2.75) is 30.7 Å². The van der Waals surface area contributed by atoms with Crippen LogP contribution in [0, 0.1) is 0 Å². The molecule has 0 spiro atoms. The van der Waals surface area contributed by atoms with E-state index >= 15 is 0 Å². The second-order valence-electron chi connectivity index (χ2n) is 2.93. The van der Waals surface area contributed by atoms with E-state index in [0.29, 0.717) is 0 Å². The molecule has 6 nitrogen and oxygen atoms in total. The van der Waals surface area contributed by atoms with Gasteiger partial charge < -0.3 is 29.9 Å². The second kappa shape index (κ2) is 4.32. The second-order valence-corrected chi connectivity index (χ2v) is 2.93. The SMILES string of the molecule is COC1[C@H](O)OC(CO)[C@@H](O)[C@@H]1O. The third kappa shape index (κ3) is 1.98. The Labute approximate surface area is 75.3 Å². The first-order chi connectivity index (χ1) is 6.11. The number of hydrogen-bond donors (Lipinski definition) is 4. The molecular formula is C7H14O6. The van der Waals surface area contributed by atoms with Crippen LogP contribution in [0.4, 0.5) is 0 Å². The van der Waals surface area contributed by atoms with Crippen molar-refractivity contribution >= 4 is 0 Å². The summed E-state index contributed by atoms with van der Waals surface area (Å²) >= 11 is 0. The summed E-state index contributed by atoms with van der Waals surface area (Å²) < 4.78 is 9.50. The first-order valence-corrected chi connectivity index (χ1v) is 3.95. The smallest absolute Gasteiger partial charge is 0.184 e. The minimum Gasteiger partial charge on any atom is -0.394 e. The molecule has 0 amide bonds. The first-order valence-electron chi connectivity index (χ1n) is 3.95. The summed E-state index contributed by atoms with van der Waals surface area (Å²) in [6, 6.07) is 0. The lowest BCUT2D eigenvalue weighted by molar-refractivity contribution is -0.291. The summed E-state index contributed by atoms with van der Waals surface area (Å²) in [6.45, 7) is -0.467. The highest BCUT2D eigenvalue weighted by Gasteiger charge is 2.43. The molecule has 0 aromatic heterocycles. The fourth-order valence-corrected chi connectivity index (χ4v) is 1.33. The van der Waals surface area contributed by atoms with Crippen molar-refractivity contribution in [1.82, 2.24) is 0 Å². The van der Waals surface area contributed by atoms with Crippen LogP contribution in [-0.4, -0.2) is 64.8 Å². The molecule has 78 valence electrons. The summed E-state index contributed by atoms with van der Waals surface area (Å²) in [5, 5.41) is 36.7. The molecule has 1 aliphatic rings. The van der Waals surface area contributed by atoms with E-state index in [-0.39, 0.29) is 0 Å². The van der Waals surface area contributed by atoms with E-state index in [2.05, 4.69) is 0 Å². The summed E-state index contributed by atoms with van der Waals surface area (Å²) in [6.07, 6.45) is -5.81. The third-order valence-electron chi connectivity index (χ3n) is 2.11. The van der Waals surface area contributed by atoms with E-state index in [0.717, 1.165) is 0 Å². The van der Waals surface area contributed by atoms with Gasteiger partial charge in [-0.05, 0) is 0 Å². The molecule has 1 aliphatic heterocycles. The summed E-state index contributed by atoms with van der Waals surface area (Å²) in [5.74, 6) is 0. The number of hydrogen-bond acceptors (Lipinski definition) is 6. The number of methoxy groups -OCH3 is 1. The van der Waals surface area contributed by atoms with E-state index in [4.69, 9.17) is 14.6 Å². The van der Waals surface area contributed by atoms with E-state index in [1.54, 1.807) is 0 Å². The zero-order chi connectivity index (χ0) is 10.0. The topological polar surface area (TPSA) is 99.4 Å². The van der Waals surface area contributed by atoms with Gasteiger partial charge in [-0.2, -0.15) is 0 Å². The molecular weight excluding hydrogens is 180 g/mol. The number of aliphatic hydroxyl groups excluding tert-OH is 4. The average Bonchev–Trinajstić information content (AvgIpc) is 2.12. The highest BCUT2D eigenvalue weighted by molar-refractivity contribution is 4.88. The standard InChI is InChI=1S/C7H14O6/c1-12-6-5(10)4(9)3(2-8)13-7(6)11/h3-11H,2H2,1H3/t3?,4-,5+,6?,7-/m1/s1. The van der Waals surface area contributed by atoms with Gasteiger partial charge in [0.05, 0.1) is 6.61 Å². The van der Waals surface area contributed by atoms with Gasteiger partial charge in [0.1, 0.15) is 24.4 Å². The fraction of sp³-hybridized carbons (Fsp3) is 1.00. The largest absolute Gasteiger partial charge is 0.394 e. The maximum Gasteiger partial charge on any atom is 0.184 e. The maximum absolute atomic E-state index is 9.38. The molecule has 1 fully saturated rings. The first kappa shape index (κ1) is 10.8. The molecule has 2 unspecified atom stereocenters. The van der Waals surface area contributed by atoms with Crippen LogP contribution in [0.1, 0.15) is 0 Å². The van der Waals surface area contributed by atoms with Gasteiger partial charge in [-0.3, -0.25) is 0 Å². The Bertz CT molecular complexity index is 163. The van der Waals surface area contributed by atoms with Crippen LogP contribution in [0.15, 0.2) is 0 Å². The molecule has 0 bridgehead atoms. The van der Waals surface area contributed by atoms with Crippen molar-refractivity contribution in [2.24, 2.45) is 0 Å². The molecule has 4 N–H and O–H groups in total. The Balaban J connectivity index is 2.66. The Hall–Kier alpha value is -0.240. The van der Waals surface area contributed by atoms with Crippen LogP contribution in [0.3, 0.4) is 0 Å². The normalized spacial score (nSPS) is 46.4. The lowest BCUT2D eigenvalue weighted by Crippen LogP contribution is -2.59. The predicted molar refractivity (Wildman–Crippen MR) is 40.8 cm³/mol. The molecule has 1 rings (SSSR count). The van der Waals surface area contributed by atoms with Gasteiger partial charge in [0, 0.05) is 7.11 Å². The number of rotatable bonds is 2. The molecule has 0 aliphatic carbocycles. The van der Waals surface area contributed by atoms with Crippen LogP contribution in [-0.2, 0) is 9.47 Å². The number of ether oxygens (including phenoxy) is 2. The van der Waals surface area contributed by atoms with Gasteiger partial charge >= 0.3 is 0 Å². The Morgan fingerprint density at radius 2 is 1.85 bits per heavy atom. The van der Waals surface area contributed by atoms with Crippen molar-refractivity contribution in [3.05, 3.63) is 0 Å².